The predicted octanol–water partition coefficient (Wildman–Crippen LogP) is 4.09. The van der Waals surface area contributed by atoms with Crippen LogP contribution in [0.2, 0.25) is 0 Å². The molecule has 1 fully saturated rings. The van der Waals surface area contributed by atoms with Gasteiger partial charge in [0, 0.05) is 22.6 Å². The van der Waals surface area contributed by atoms with Crippen LogP contribution >= 0.6 is 23.5 Å². The standard InChI is InChI=1S/C16H18N2S2/c1-19-13-5-3-12(4-6-13)16(7-2-8-16)14-11-20-15-17-9-10-18(14)15/h3-6,11H,2,7-10H2,1H3. The highest BCUT2D eigenvalue weighted by Gasteiger charge is 2.47. The maximum Gasteiger partial charge on any atom is 0.167 e. The fourth-order valence-corrected chi connectivity index (χ4v) is 4.89. The molecular formula is C16H18N2S2. The third kappa shape index (κ3) is 1.77. The molecular weight excluding hydrogens is 284 g/mol. The van der Waals surface area contributed by atoms with Crippen molar-refractivity contribution in [2.24, 2.45) is 4.99 Å². The zero-order valence-electron chi connectivity index (χ0n) is 11.6. The maximum absolute atomic E-state index is 4.59. The average Bonchev–Trinajstić information content (AvgIpc) is 3.03. The third-order valence-corrected chi connectivity index (χ3v) is 6.35. The summed E-state index contributed by atoms with van der Waals surface area (Å²) in [5.74, 6) is 0. The number of benzene rings is 1. The summed E-state index contributed by atoms with van der Waals surface area (Å²) in [6, 6.07) is 9.20. The van der Waals surface area contributed by atoms with Gasteiger partial charge in [0.15, 0.2) is 5.17 Å². The van der Waals surface area contributed by atoms with E-state index >= 15 is 0 Å². The fourth-order valence-electron chi connectivity index (χ4n) is 3.43. The van der Waals surface area contributed by atoms with Gasteiger partial charge in [-0.05, 0) is 42.2 Å². The molecule has 2 aliphatic heterocycles. The SMILES string of the molecule is CSc1ccc(C2(C3=CSC4=NCCN34)CCC2)cc1. The first-order chi connectivity index (χ1) is 9.83. The molecule has 1 aliphatic carbocycles. The van der Waals surface area contributed by atoms with E-state index in [2.05, 4.69) is 45.8 Å². The molecule has 1 aromatic carbocycles. The summed E-state index contributed by atoms with van der Waals surface area (Å²) in [5.41, 5.74) is 3.24. The lowest BCUT2D eigenvalue weighted by Crippen LogP contribution is -2.42. The molecule has 20 heavy (non-hydrogen) atoms. The molecule has 2 nitrogen and oxygen atoms in total. The molecule has 1 aromatic rings. The van der Waals surface area contributed by atoms with E-state index in [4.69, 9.17) is 0 Å². The molecule has 0 unspecified atom stereocenters. The highest BCUT2D eigenvalue weighted by molar-refractivity contribution is 8.16. The van der Waals surface area contributed by atoms with Crippen molar-refractivity contribution in [3.05, 3.63) is 40.9 Å². The second-order valence-electron chi connectivity index (χ2n) is 5.60. The Morgan fingerprint density at radius 3 is 2.70 bits per heavy atom. The molecule has 0 saturated heterocycles. The van der Waals surface area contributed by atoms with Crippen LogP contribution < -0.4 is 0 Å². The minimum atomic E-state index is 0.256. The van der Waals surface area contributed by atoms with Crippen LogP contribution in [-0.2, 0) is 5.41 Å². The summed E-state index contributed by atoms with van der Waals surface area (Å²) in [6.07, 6.45) is 6.04. The van der Waals surface area contributed by atoms with E-state index in [9.17, 15) is 0 Å². The van der Waals surface area contributed by atoms with Crippen molar-refractivity contribution < 1.29 is 0 Å². The molecule has 0 spiro atoms. The Bertz CT molecular complexity index is 585. The molecule has 0 atom stereocenters. The van der Waals surface area contributed by atoms with Crippen LogP contribution in [0.1, 0.15) is 24.8 Å². The number of fused-ring (bicyclic) bond motifs is 1. The van der Waals surface area contributed by atoms with E-state index < -0.39 is 0 Å². The van der Waals surface area contributed by atoms with Crippen molar-refractivity contribution >= 4 is 28.7 Å². The summed E-state index contributed by atoms with van der Waals surface area (Å²) in [5, 5.41) is 3.56. The summed E-state index contributed by atoms with van der Waals surface area (Å²) < 4.78 is 0. The zero-order valence-corrected chi connectivity index (χ0v) is 13.3. The number of rotatable bonds is 3. The van der Waals surface area contributed by atoms with Crippen LogP contribution in [0.4, 0.5) is 0 Å². The number of hydrogen-bond donors (Lipinski definition) is 0. The Hall–Kier alpha value is -0.870. The zero-order chi connectivity index (χ0) is 13.6. The van der Waals surface area contributed by atoms with Crippen LogP contribution in [0.3, 0.4) is 0 Å². The summed E-state index contributed by atoms with van der Waals surface area (Å²) in [6.45, 7) is 2.03. The Labute approximate surface area is 128 Å². The largest absolute Gasteiger partial charge is 0.321 e. The minimum Gasteiger partial charge on any atom is -0.321 e. The molecule has 104 valence electrons. The van der Waals surface area contributed by atoms with Crippen LogP contribution in [-0.4, -0.2) is 29.4 Å². The monoisotopic (exact) mass is 302 g/mol. The molecule has 0 amide bonds. The number of aliphatic imine (C=N–C) groups is 1. The number of thioether (sulfide) groups is 2. The molecule has 0 N–H and O–H groups in total. The number of amidine groups is 1. The van der Waals surface area contributed by atoms with Gasteiger partial charge in [-0.25, -0.2) is 0 Å². The van der Waals surface area contributed by atoms with Crippen LogP contribution in [0.25, 0.3) is 0 Å². The highest BCUT2D eigenvalue weighted by atomic mass is 32.2. The van der Waals surface area contributed by atoms with Gasteiger partial charge in [-0.3, -0.25) is 4.99 Å². The number of hydrogen-bond acceptors (Lipinski definition) is 4. The molecule has 4 rings (SSSR count). The Morgan fingerprint density at radius 2 is 2.05 bits per heavy atom. The van der Waals surface area contributed by atoms with Gasteiger partial charge in [-0.1, -0.05) is 30.3 Å². The maximum atomic E-state index is 4.59. The van der Waals surface area contributed by atoms with E-state index in [0.717, 1.165) is 13.1 Å². The van der Waals surface area contributed by atoms with E-state index in [1.165, 1.54) is 40.6 Å². The van der Waals surface area contributed by atoms with Crippen LogP contribution in [0.5, 0.6) is 0 Å². The lowest BCUT2D eigenvalue weighted by molar-refractivity contribution is 0.252. The highest BCUT2D eigenvalue weighted by Crippen LogP contribution is 2.53. The first kappa shape index (κ1) is 12.8. The quantitative estimate of drug-likeness (QED) is 0.782. The van der Waals surface area contributed by atoms with Gasteiger partial charge in [0.1, 0.15) is 0 Å². The van der Waals surface area contributed by atoms with Gasteiger partial charge in [-0.15, -0.1) is 11.8 Å². The van der Waals surface area contributed by atoms with Gasteiger partial charge in [0.2, 0.25) is 0 Å². The Morgan fingerprint density at radius 1 is 1.25 bits per heavy atom. The van der Waals surface area contributed by atoms with Crippen molar-refractivity contribution in [2.75, 3.05) is 19.3 Å². The third-order valence-electron chi connectivity index (χ3n) is 4.71. The first-order valence-corrected chi connectivity index (χ1v) is 9.28. The van der Waals surface area contributed by atoms with Crippen molar-refractivity contribution in [1.82, 2.24) is 4.90 Å². The lowest BCUT2D eigenvalue weighted by Gasteiger charge is -2.46. The van der Waals surface area contributed by atoms with Crippen molar-refractivity contribution in [2.45, 2.75) is 29.6 Å². The van der Waals surface area contributed by atoms with E-state index in [0.29, 0.717) is 0 Å². The Kier molecular flexibility index (Phi) is 3.11. The number of nitrogens with zero attached hydrogens (tertiary/aromatic N) is 2. The topological polar surface area (TPSA) is 15.6 Å². The summed E-state index contributed by atoms with van der Waals surface area (Å²) >= 11 is 3.62. The second kappa shape index (κ2) is 4.85. The normalized spacial score (nSPS) is 23.1. The molecule has 0 bridgehead atoms. The molecule has 0 radical (unpaired) electrons. The second-order valence-corrected chi connectivity index (χ2v) is 7.32. The van der Waals surface area contributed by atoms with E-state index in [1.54, 1.807) is 0 Å². The summed E-state index contributed by atoms with van der Waals surface area (Å²) in [4.78, 5) is 8.39. The minimum absolute atomic E-state index is 0.256. The summed E-state index contributed by atoms with van der Waals surface area (Å²) in [7, 11) is 0. The molecule has 0 aromatic heterocycles. The first-order valence-electron chi connectivity index (χ1n) is 7.17. The van der Waals surface area contributed by atoms with Gasteiger partial charge >= 0.3 is 0 Å². The van der Waals surface area contributed by atoms with Gasteiger partial charge < -0.3 is 4.90 Å². The van der Waals surface area contributed by atoms with Gasteiger partial charge in [0.05, 0.1) is 6.54 Å². The van der Waals surface area contributed by atoms with E-state index in [-0.39, 0.29) is 5.41 Å². The Balaban J connectivity index is 1.71. The molecule has 2 heterocycles. The van der Waals surface area contributed by atoms with Crippen molar-refractivity contribution in [1.29, 1.82) is 0 Å². The van der Waals surface area contributed by atoms with Crippen LogP contribution in [0, 0.1) is 0 Å². The molecule has 1 saturated carbocycles. The van der Waals surface area contributed by atoms with Crippen molar-refractivity contribution in [3.63, 3.8) is 0 Å². The lowest BCUT2D eigenvalue weighted by atomic mass is 9.62. The number of allylic oxidation sites excluding steroid dienone is 1. The van der Waals surface area contributed by atoms with Crippen LogP contribution in [0.15, 0.2) is 45.3 Å². The molecule has 3 aliphatic rings. The van der Waals surface area contributed by atoms with Crippen molar-refractivity contribution in [3.8, 4) is 0 Å². The van der Waals surface area contributed by atoms with E-state index in [1.807, 2.05) is 23.5 Å². The van der Waals surface area contributed by atoms with Gasteiger partial charge in [-0.2, -0.15) is 0 Å². The smallest absolute Gasteiger partial charge is 0.167 e. The average molecular weight is 302 g/mol. The fraction of sp³-hybridized carbons (Fsp3) is 0.438. The predicted molar refractivity (Wildman–Crippen MR) is 88.4 cm³/mol. The van der Waals surface area contributed by atoms with Gasteiger partial charge in [0.25, 0.3) is 0 Å². The molecule has 4 heteroatoms.